The van der Waals surface area contributed by atoms with Crippen LogP contribution in [0.3, 0.4) is 0 Å². The van der Waals surface area contributed by atoms with Gasteiger partial charge in [-0.1, -0.05) is 24.1 Å². The van der Waals surface area contributed by atoms with Gasteiger partial charge < -0.3 is 14.7 Å². The van der Waals surface area contributed by atoms with Crippen molar-refractivity contribution in [3.05, 3.63) is 54.6 Å². The van der Waals surface area contributed by atoms with Crippen molar-refractivity contribution in [2.75, 3.05) is 24.0 Å². The number of hydroxylamine groups is 1. The number of ether oxygens (including phenoxy) is 1. The van der Waals surface area contributed by atoms with E-state index in [1.165, 1.54) is 53.1 Å². The van der Waals surface area contributed by atoms with Crippen molar-refractivity contribution in [3.8, 4) is 17.6 Å². The zero-order chi connectivity index (χ0) is 30.6. The summed E-state index contributed by atoms with van der Waals surface area (Å²) in [5, 5.41) is 21.4. The van der Waals surface area contributed by atoms with Crippen molar-refractivity contribution >= 4 is 39.5 Å². The molecule has 1 aliphatic heterocycles. The lowest BCUT2D eigenvalue weighted by Gasteiger charge is -2.50. The number of anilines is 1. The summed E-state index contributed by atoms with van der Waals surface area (Å²) in [6.07, 6.45) is -1.21. The summed E-state index contributed by atoms with van der Waals surface area (Å²) >= 11 is 1.35. The minimum atomic E-state index is -4.39. The van der Waals surface area contributed by atoms with Gasteiger partial charge in [0.05, 0.1) is 16.6 Å². The summed E-state index contributed by atoms with van der Waals surface area (Å²) in [5.74, 6) is 5.28. The van der Waals surface area contributed by atoms with Crippen molar-refractivity contribution in [1.82, 2.24) is 9.21 Å². The van der Waals surface area contributed by atoms with Crippen LogP contribution in [0, 0.1) is 11.8 Å². The zero-order valence-corrected chi connectivity index (χ0v) is 25.7. The summed E-state index contributed by atoms with van der Waals surface area (Å²) in [6, 6.07) is 11.6. The van der Waals surface area contributed by atoms with Crippen LogP contribution in [-0.2, 0) is 14.8 Å². The number of nitrogens with zero attached hydrogens (tertiary/aromatic N) is 3. The standard InChI is InChI=1S/C29H37N3O7S2/c1-7-8-18-39-23-14-16-24(17-15-23)41(37,38)32-22(19-30(27(34)35)28(2,3)4)20-40-29(5,6)25(32)26(33)31(36)21-12-10-9-11-13-21/h9-17,22,25,36H,18-20H2,1-6H3,(H,34,35)/t22?,25-/m0/s1. The number of rotatable bonds is 8. The molecule has 1 fully saturated rings. The van der Waals surface area contributed by atoms with Gasteiger partial charge in [0.25, 0.3) is 5.91 Å². The fourth-order valence-corrected chi connectivity index (χ4v) is 7.85. The van der Waals surface area contributed by atoms with E-state index in [1.54, 1.807) is 59.7 Å². The average Bonchev–Trinajstić information content (AvgIpc) is 2.91. The number of sulfonamides is 1. The molecule has 2 aromatic rings. The molecule has 222 valence electrons. The molecule has 0 bridgehead atoms. The lowest BCUT2D eigenvalue weighted by molar-refractivity contribution is -0.129. The second-order valence-electron chi connectivity index (χ2n) is 11.0. The van der Waals surface area contributed by atoms with Gasteiger partial charge in [0.15, 0.2) is 0 Å². The molecule has 3 rings (SSSR count). The first kappa shape index (κ1) is 32.3. The molecule has 0 aliphatic carbocycles. The largest absolute Gasteiger partial charge is 0.481 e. The zero-order valence-electron chi connectivity index (χ0n) is 24.1. The van der Waals surface area contributed by atoms with E-state index in [1.807, 2.05) is 0 Å². The van der Waals surface area contributed by atoms with Gasteiger partial charge in [-0.25, -0.2) is 13.2 Å². The molecule has 41 heavy (non-hydrogen) atoms. The first-order valence-electron chi connectivity index (χ1n) is 13.0. The van der Waals surface area contributed by atoms with E-state index in [0.717, 1.165) is 4.31 Å². The Kier molecular flexibility index (Phi) is 10.0. The number of thioether (sulfide) groups is 1. The quantitative estimate of drug-likeness (QED) is 0.256. The van der Waals surface area contributed by atoms with E-state index >= 15 is 0 Å². The van der Waals surface area contributed by atoms with Gasteiger partial charge in [-0.2, -0.15) is 21.1 Å². The van der Waals surface area contributed by atoms with Crippen LogP contribution < -0.4 is 9.80 Å². The Hall–Kier alpha value is -3.24. The summed E-state index contributed by atoms with van der Waals surface area (Å²) in [5.41, 5.74) is -0.664. The van der Waals surface area contributed by atoms with Gasteiger partial charge in [-0.3, -0.25) is 10.0 Å². The fourth-order valence-electron chi connectivity index (χ4n) is 4.54. The first-order chi connectivity index (χ1) is 19.1. The van der Waals surface area contributed by atoms with Gasteiger partial charge in [0, 0.05) is 22.6 Å². The van der Waals surface area contributed by atoms with E-state index in [4.69, 9.17) is 4.74 Å². The van der Waals surface area contributed by atoms with Gasteiger partial charge >= 0.3 is 6.09 Å². The molecular weight excluding hydrogens is 566 g/mol. The van der Waals surface area contributed by atoms with Crippen molar-refractivity contribution in [2.45, 2.75) is 68.8 Å². The highest BCUT2D eigenvalue weighted by Crippen LogP contribution is 2.43. The molecule has 1 saturated heterocycles. The van der Waals surface area contributed by atoms with Gasteiger partial charge in [-0.15, -0.1) is 5.92 Å². The van der Waals surface area contributed by atoms with Crippen molar-refractivity contribution < 1.29 is 33.1 Å². The topological polar surface area (TPSA) is 128 Å². The molecule has 1 heterocycles. The molecule has 2 aromatic carbocycles. The third-order valence-corrected chi connectivity index (χ3v) is 10.1. The second-order valence-corrected chi connectivity index (χ2v) is 14.6. The lowest BCUT2D eigenvalue weighted by atomic mass is 9.99. The third-order valence-electron chi connectivity index (χ3n) is 6.68. The maximum Gasteiger partial charge on any atom is 0.407 e. The van der Waals surface area contributed by atoms with E-state index in [9.17, 15) is 28.3 Å². The van der Waals surface area contributed by atoms with E-state index in [-0.39, 0.29) is 29.5 Å². The van der Waals surface area contributed by atoms with Crippen LogP contribution in [0.2, 0.25) is 0 Å². The molecule has 1 aliphatic rings. The number of carbonyl (C=O) groups excluding carboxylic acids is 1. The Morgan fingerprint density at radius 2 is 1.73 bits per heavy atom. The smallest absolute Gasteiger partial charge is 0.407 e. The van der Waals surface area contributed by atoms with Gasteiger partial charge in [0.2, 0.25) is 10.0 Å². The first-order valence-corrected chi connectivity index (χ1v) is 15.4. The summed E-state index contributed by atoms with van der Waals surface area (Å²) in [6.45, 7) is 10.3. The number of amides is 2. The highest BCUT2D eigenvalue weighted by Gasteiger charge is 2.54. The van der Waals surface area contributed by atoms with Gasteiger partial charge in [0.1, 0.15) is 18.4 Å². The van der Waals surface area contributed by atoms with Crippen molar-refractivity contribution in [2.24, 2.45) is 0 Å². The highest BCUT2D eigenvalue weighted by atomic mass is 32.2. The molecule has 2 amide bonds. The molecule has 0 aromatic heterocycles. The fraction of sp³-hybridized carbons (Fsp3) is 0.448. The SMILES string of the molecule is CC#CCOc1ccc(S(=O)(=O)N2C(CN(C(=O)O)C(C)(C)C)CSC(C)(C)[C@@H]2C(=O)N(O)c2ccccc2)cc1. The minimum Gasteiger partial charge on any atom is -0.481 e. The predicted molar refractivity (Wildman–Crippen MR) is 159 cm³/mol. The Labute approximate surface area is 246 Å². The number of hydrogen-bond acceptors (Lipinski definition) is 7. The van der Waals surface area contributed by atoms with Crippen LogP contribution in [0.4, 0.5) is 10.5 Å². The van der Waals surface area contributed by atoms with Crippen LogP contribution in [-0.4, -0.2) is 81.2 Å². The lowest BCUT2D eigenvalue weighted by Crippen LogP contribution is -2.67. The second kappa shape index (κ2) is 12.7. The van der Waals surface area contributed by atoms with Gasteiger partial charge in [-0.05, 0) is 77.9 Å². The Bertz CT molecular complexity index is 1400. The molecule has 2 N–H and O–H groups in total. The van der Waals surface area contributed by atoms with Crippen LogP contribution in [0.5, 0.6) is 5.75 Å². The molecule has 2 atom stereocenters. The van der Waals surface area contributed by atoms with E-state index < -0.39 is 44.4 Å². The van der Waals surface area contributed by atoms with Crippen molar-refractivity contribution in [1.29, 1.82) is 0 Å². The van der Waals surface area contributed by atoms with Crippen LogP contribution in [0.15, 0.2) is 59.5 Å². The Morgan fingerprint density at radius 3 is 2.27 bits per heavy atom. The molecule has 0 saturated carbocycles. The van der Waals surface area contributed by atoms with Crippen molar-refractivity contribution in [3.63, 3.8) is 0 Å². The van der Waals surface area contributed by atoms with Crippen LogP contribution in [0.25, 0.3) is 0 Å². The monoisotopic (exact) mass is 603 g/mol. The normalized spacial score (nSPS) is 19.0. The molecule has 12 heteroatoms. The molecule has 0 radical (unpaired) electrons. The van der Waals surface area contributed by atoms with Crippen LogP contribution in [0.1, 0.15) is 41.5 Å². The Balaban J connectivity index is 2.14. The summed E-state index contributed by atoms with van der Waals surface area (Å²) in [4.78, 5) is 27.3. The summed E-state index contributed by atoms with van der Waals surface area (Å²) < 4.78 is 34.4. The average molecular weight is 604 g/mol. The van der Waals surface area contributed by atoms with Crippen LogP contribution >= 0.6 is 11.8 Å². The van der Waals surface area contributed by atoms with E-state index in [2.05, 4.69) is 11.8 Å². The molecule has 10 nitrogen and oxygen atoms in total. The van der Waals surface area contributed by atoms with E-state index in [0.29, 0.717) is 10.8 Å². The number of carboxylic acid groups (broad SMARTS) is 1. The maximum absolute atomic E-state index is 14.4. The molecular formula is C29H37N3O7S2. The summed E-state index contributed by atoms with van der Waals surface area (Å²) in [7, 11) is -4.39. The molecule has 0 spiro atoms. The third kappa shape index (κ3) is 7.35. The predicted octanol–water partition coefficient (Wildman–Crippen LogP) is 4.54. The maximum atomic E-state index is 14.4. The number of carbonyl (C=O) groups is 2. The highest BCUT2D eigenvalue weighted by molar-refractivity contribution is 8.01. The Morgan fingerprint density at radius 1 is 1.12 bits per heavy atom. The minimum absolute atomic E-state index is 0.0984. The number of benzene rings is 2. The number of hydrogen-bond donors (Lipinski definition) is 2. The number of para-hydroxylation sites is 1. The molecule has 1 unspecified atom stereocenters.